The summed E-state index contributed by atoms with van der Waals surface area (Å²) in [5.74, 6) is -3.92. The molecule has 65 heavy (non-hydrogen) atoms. The molecular weight excluding hydrogens is 867 g/mol. The van der Waals surface area contributed by atoms with Crippen LogP contribution in [0, 0.1) is 0 Å². The number of alkyl halides is 3. The van der Waals surface area contributed by atoms with Crippen LogP contribution < -0.4 is 15.5 Å². The molecule has 2 aliphatic heterocycles. The molecule has 2 aromatic carbocycles. The fourth-order valence-corrected chi connectivity index (χ4v) is 7.21. The van der Waals surface area contributed by atoms with Gasteiger partial charge in [0.05, 0.1) is 45.2 Å². The van der Waals surface area contributed by atoms with Gasteiger partial charge < -0.3 is 43.8 Å². The molecule has 2 fully saturated rings. The molecule has 23 heteroatoms. The molecule has 20 nitrogen and oxygen atoms in total. The number of nitrogens with one attached hydrogen (secondary N) is 2. The fourth-order valence-electron chi connectivity index (χ4n) is 7.21. The largest absolute Gasteiger partial charge is 0.496 e. The molecular formula is C42H54F3N7O13. The van der Waals surface area contributed by atoms with Crippen molar-refractivity contribution in [3.05, 3.63) is 65.9 Å². The minimum Gasteiger partial charge on any atom is -0.496 e. The zero-order valence-electron chi connectivity index (χ0n) is 36.4. The molecule has 2 aliphatic rings. The van der Waals surface area contributed by atoms with E-state index < -0.39 is 92.3 Å². The van der Waals surface area contributed by atoms with Gasteiger partial charge in [-0.1, -0.05) is 54.1 Å². The van der Waals surface area contributed by atoms with E-state index in [2.05, 4.69) is 21.1 Å². The Labute approximate surface area is 372 Å². The van der Waals surface area contributed by atoms with Gasteiger partial charge in [0, 0.05) is 64.1 Å². The summed E-state index contributed by atoms with van der Waals surface area (Å²) in [7, 11) is 4.47. The number of hydrogen-bond donors (Lipinski definition) is 3. The van der Waals surface area contributed by atoms with E-state index in [0.29, 0.717) is 58.3 Å². The number of aromatic nitrogens is 3. The predicted molar refractivity (Wildman–Crippen MR) is 218 cm³/mol. The van der Waals surface area contributed by atoms with Crippen molar-refractivity contribution in [1.82, 2.24) is 35.8 Å². The number of benzene rings is 2. The van der Waals surface area contributed by atoms with E-state index in [0.717, 1.165) is 5.56 Å². The van der Waals surface area contributed by atoms with Gasteiger partial charge in [0.15, 0.2) is 12.4 Å². The fraction of sp³-hybridized carbons (Fsp3) is 0.548. The number of carbonyl (C=O) groups excluding carboxylic acids is 5. The van der Waals surface area contributed by atoms with Crippen LogP contribution in [0.2, 0.25) is 0 Å². The summed E-state index contributed by atoms with van der Waals surface area (Å²) in [6.07, 6.45) is -7.12. The minimum absolute atomic E-state index is 0.00644. The number of esters is 1. The van der Waals surface area contributed by atoms with Crippen LogP contribution in [0.4, 0.5) is 13.2 Å². The average Bonchev–Trinajstić information content (AvgIpc) is 3.87. The summed E-state index contributed by atoms with van der Waals surface area (Å²) in [4.78, 5) is 70.8. The summed E-state index contributed by atoms with van der Waals surface area (Å²) in [6, 6.07) is 12.5. The Morgan fingerprint density at radius 2 is 1.77 bits per heavy atom. The van der Waals surface area contributed by atoms with Gasteiger partial charge >= 0.3 is 24.0 Å². The Morgan fingerprint density at radius 3 is 2.43 bits per heavy atom. The van der Waals surface area contributed by atoms with Crippen LogP contribution >= 0.6 is 0 Å². The van der Waals surface area contributed by atoms with Crippen LogP contribution in [0.15, 0.2) is 54.7 Å². The SMILES string of the molecule is CNC1C(OCC(O)CN(Cc2ccccc2)C(=O)C(F)(F)F)OC(Cn2cc(-c3ccc(CONCCCCCC(=O)ON4C(=O)CCC4=O)c(OC)c3)nn2)[C@H](OC)C1OC(C)=O. The second-order valence-corrected chi connectivity index (χ2v) is 15.2. The number of methoxy groups -OCH3 is 2. The standard InChI is InChI=1S/C42H54F3N7O13/c1-26(53)63-39-37(46-2)40(61-25-30(54)21-50(41(58)42(43,44)45)20-27-11-7-5-8-12-27)64-33(38(39)60-4)23-51-22-31(48-49-51)28-14-15-29(32(19-28)59-3)24-62-47-18-10-6-9-13-36(57)65-52-34(55)16-17-35(52)56/h5,7-8,11-12,14-15,19,22,30,33,37-40,46-47,54H,6,9-10,13,16-18,20-21,23-25H2,1-4H3/t30?,33?,37?,38-,39?,40?/m0/s1. The molecule has 1 aromatic heterocycles. The number of unbranched alkanes of at least 4 members (excludes halogenated alkanes) is 2. The normalized spacial score (nSPS) is 20.4. The molecule has 356 valence electrons. The highest BCUT2D eigenvalue weighted by atomic mass is 19.4. The van der Waals surface area contributed by atoms with Crippen molar-refractivity contribution in [1.29, 1.82) is 0 Å². The number of halogens is 3. The summed E-state index contributed by atoms with van der Waals surface area (Å²) >= 11 is 0. The number of imide groups is 1. The van der Waals surface area contributed by atoms with Gasteiger partial charge in [0.25, 0.3) is 11.8 Å². The number of rotatable bonds is 24. The third kappa shape index (κ3) is 14.5. The number of aliphatic hydroxyl groups is 1. The Balaban J connectivity index is 1.16. The molecule has 2 saturated heterocycles. The van der Waals surface area contributed by atoms with Crippen molar-refractivity contribution in [3.63, 3.8) is 0 Å². The highest BCUT2D eigenvalue weighted by molar-refractivity contribution is 6.01. The molecule has 3 aromatic rings. The molecule has 0 spiro atoms. The van der Waals surface area contributed by atoms with Crippen molar-refractivity contribution in [2.45, 2.75) is 108 Å². The molecule has 3 amide bonds. The van der Waals surface area contributed by atoms with Crippen LogP contribution in [0.5, 0.6) is 5.75 Å². The van der Waals surface area contributed by atoms with Gasteiger partial charge in [0.1, 0.15) is 23.7 Å². The van der Waals surface area contributed by atoms with E-state index in [1.165, 1.54) is 25.8 Å². The number of aliphatic hydroxyl groups excluding tert-OH is 1. The summed E-state index contributed by atoms with van der Waals surface area (Å²) in [6.45, 7) is 0.198. The molecule has 0 bridgehead atoms. The van der Waals surface area contributed by atoms with Crippen molar-refractivity contribution in [2.24, 2.45) is 0 Å². The second kappa shape index (κ2) is 24.1. The number of ether oxygens (including phenoxy) is 5. The van der Waals surface area contributed by atoms with E-state index in [9.17, 15) is 42.3 Å². The van der Waals surface area contributed by atoms with Gasteiger partial charge in [-0.25, -0.2) is 15.0 Å². The lowest BCUT2D eigenvalue weighted by atomic mass is 9.96. The number of hydrogen-bond acceptors (Lipinski definition) is 17. The number of hydroxylamine groups is 3. The van der Waals surface area contributed by atoms with Gasteiger partial charge in [-0.15, -0.1) is 10.2 Å². The minimum atomic E-state index is -5.18. The lowest BCUT2D eigenvalue weighted by molar-refractivity contribution is -0.278. The number of amides is 3. The number of nitrogens with zero attached hydrogens (tertiary/aromatic N) is 5. The van der Waals surface area contributed by atoms with E-state index in [4.69, 9.17) is 33.4 Å². The van der Waals surface area contributed by atoms with Gasteiger partial charge in [0.2, 0.25) is 0 Å². The zero-order chi connectivity index (χ0) is 47.1. The van der Waals surface area contributed by atoms with Crippen LogP contribution in [0.25, 0.3) is 11.3 Å². The molecule has 5 rings (SSSR count). The Morgan fingerprint density at radius 1 is 1.03 bits per heavy atom. The maximum absolute atomic E-state index is 13.5. The molecule has 3 N–H and O–H groups in total. The molecule has 3 heterocycles. The van der Waals surface area contributed by atoms with Crippen molar-refractivity contribution in [3.8, 4) is 17.0 Å². The number of carbonyl (C=O) groups is 5. The van der Waals surface area contributed by atoms with Crippen molar-refractivity contribution in [2.75, 3.05) is 41.0 Å². The van der Waals surface area contributed by atoms with Crippen LogP contribution in [0.1, 0.15) is 56.6 Å². The highest BCUT2D eigenvalue weighted by Crippen LogP contribution is 2.30. The van der Waals surface area contributed by atoms with E-state index in [1.807, 2.05) is 0 Å². The third-order valence-corrected chi connectivity index (χ3v) is 10.4. The van der Waals surface area contributed by atoms with E-state index >= 15 is 0 Å². The Kier molecular flexibility index (Phi) is 18.7. The van der Waals surface area contributed by atoms with Gasteiger partial charge in [-0.2, -0.15) is 13.2 Å². The topological polar surface area (TPSA) is 231 Å². The number of likely N-dealkylation sites (N-methyl/N-ethyl adjacent to an activating group) is 1. The van der Waals surface area contributed by atoms with Crippen molar-refractivity contribution < 1.29 is 75.6 Å². The van der Waals surface area contributed by atoms with E-state index in [-0.39, 0.29) is 32.4 Å². The first kappa shape index (κ1) is 50.4. The van der Waals surface area contributed by atoms with Gasteiger partial charge in [-0.05, 0) is 31.5 Å². The Hall–Kier alpha value is -5.56. The maximum Gasteiger partial charge on any atom is 0.471 e. The quantitative estimate of drug-likeness (QED) is 0.0507. The predicted octanol–water partition coefficient (Wildman–Crippen LogP) is 2.37. The molecule has 5 unspecified atom stereocenters. The Bertz CT molecular complexity index is 2040. The average molecular weight is 922 g/mol. The first-order chi connectivity index (χ1) is 31.1. The molecule has 6 atom stereocenters. The lowest BCUT2D eigenvalue weighted by Crippen LogP contribution is -2.65. The smallest absolute Gasteiger partial charge is 0.471 e. The van der Waals surface area contributed by atoms with Gasteiger partial charge in [-0.3, -0.25) is 24.0 Å². The molecule has 0 radical (unpaired) electrons. The first-order valence-electron chi connectivity index (χ1n) is 20.8. The highest BCUT2D eigenvalue weighted by Gasteiger charge is 2.49. The van der Waals surface area contributed by atoms with Crippen molar-refractivity contribution >= 4 is 29.7 Å². The summed E-state index contributed by atoms with van der Waals surface area (Å²) < 4.78 is 71.4. The summed E-state index contributed by atoms with van der Waals surface area (Å²) in [5, 5.41) is 23.0. The zero-order valence-corrected chi connectivity index (χ0v) is 36.4. The molecule has 0 aliphatic carbocycles. The van der Waals surface area contributed by atoms with Crippen LogP contribution in [-0.4, -0.2) is 144 Å². The van der Waals surface area contributed by atoms with Crippen LogP contribution in [-0.2, 0) is 72.3 Å². The monoisotopic (exact) mass is 921 g/mol. The summed E-state index contributed by atoms with van der Waals surface area (Å²) in [5.41, 5.74) is 5.16. The second-order valence-electron chi connectivity index (χ2n) is 15.2. The third-order valence-electron chi connectivity index (χ3n) is 10.4. The first-order valence-corrected chi connectivity index (χ1v) is 20.8. The van der Waals surface area contributed by atoms with E-state index in [1.54, 1.807) is 61.8 Å². The molecule has 0 saturated carbocycles. The van der Waals surface area contributed by atoms with Crippen LogP contribution in [0.3, 0.4) is 0 Å². The lowest BCUT2D eigenvalue weighted by Gasteiger charge is -2.45. The maximum atomic E-state index is 13.5.